The number of para-hydroxylation sites is 1. The number of carbonyl (C=O) groups excluding carboxylic acids is 1. The molecular weight excluding hydrogens is 366 g/mol. The van der Waals surface area contributed by atoms with Crippen LogP contribution in [-0.2, 0) is 9.59 Å². The summed E-state index contributed by atoms with van der Waals surface area (Å²) in [6.07, 6.45) is -0.701. The van der Waals surface area contributed by atoms with Gasteiger partial charge in [-0.15, -0.1) is 5.92 Å². The minimum Gasteiger partial charge on any atom is -0.481 e. The van der Waals surface area contributed by atoms with Gasteiger partial charge in [0.2, 0.25) is 0 Å². The van der Waals surface area contributed by atoms with Gasteiger partial charge in [0.1, 0.15) is 5.75 Å². The first-order valence-electron chi connectivity index (χ1n) is 9.59. The number of aryl methyl sites for hydroxylation is 1. The van der Waals surface area contributed by atoms with E-state index in [0.717, 1.165) is 11.1 Å². The summed E-state index contributed by atoms with van der Waals surface area (Å²) in [7, 11) is 0. The molecule has 5 heteroatoms. The maximum absolute atomic E-state index is 12.8. The summed E-state index contributed by atoms with van der Waals surface area (Å²) in [6, 6.07) is 14.7. The minimum absolute atomic E-state index is 0.0198. The lowest BCUT2D eigenvalue weighted by Gasteiger charge is -2.23. The second kappa shape index (κ2) is 10.3. The maximum Gasteiger partial charge on any atom is 0.304 e. The number of amides is 1. The summed E-state index contributed by atoms with van der Waals surface area (Å²) < 4.78 is 5.98. The van der Waals surface area contributed by atoms with E-state index in [1.54, 1.807) is 31.2 Å². The van der Waals surface area contributed by atoms with Crippen molar-refractivity contribution >= 4 is 17.6 Å². The van der Waals surface area contributed by atoms with E-state index in [4.69, 9.17) is 9.84 Å². The number of rotatable bonds is 8. The largest absolute Gasteiger partial charge is 0.481 e. The molecule has 2 atom stereocenters. The molecule has 0 spiro atoms. The lowest BCUT2D eigenvalue weighted by atomic mass is 9.96. The third-order valence-corrected chi connectivity index (χ3v) is 4.49. The smallest absolute Gasteiger partial charge is 0.304 e. The Hall–Kier alpha value is -3.26. The Labute approximate surface area is 172 Å². The highest BCUT2D eigenvalue weighted by Gasteiger charge is 2.25. The summed E-state index contributed by atoms with van der Waals surface area (Å²) >= 11 is 0. The lowest BCUT2D eigenvalue weighted by Crippen LogP contribution is -2.37. The van der Waals surface area contributed by atoms with Gasteiger partial charge in [-0.2, -0.15) is 0 Å². The van der Waals surface area contributed by atoms with Crippen LogP contribution in [0.1, 0.15) is 44.2 Å². The van der Waals surface area contributed by atoms with E-state index in [9.17, 15) is 9.59 Å². The number of ether oxygens (including phenoxy) is 1. The van der Waals surface area contributed by atoms with Crippen LogP contribution in [0.5, 0.6) is 5.75 Å². The Morgan fingerprint density at radius 3 is 2.31 bits per heavy atom. The van der Waals surface area contributed by atoms with Crippen molar-refractivity contribution in [1.82, 2.24) is 0 Å². The second-order valence-corrected chi connectivity index (χ2v) is 7.20. The highest BCUT2D eigenvalue weighted by atomic mass is 16.5. The summed E-state index contributed by atoms with van der Waals surface area (Å²) in [5.41, 5.74) is 2.39. The molecule has 2 rings (SSSR count). The summed E-state index contributed by atoms with van der Waals surface area (Å²) in [5.74, 6) is 4.85. The first-order chi connectivity index (χ1) is 13.8. The Kier molecular flexibility index (Phi) is 7.85. The van der Waals surface area contributed by atoms with E-state index < -0.39 is 12.1 Å². The van der Waals surface area contributed by atoms with Crippen LogP contribution in [0, 0.1) is 24.7 Å². The van der Waals surface area contributed by atoms with E-state index in [2.05, 4.69) is 17.2 Å². The van der Waals surface area contributed by atoms with Crippen LogP contribution in [0.3, 0.4) is 0 Å². The van der Waals surface area contributed by atoms with Gasteiger partial charge in [0.05, 0.1) is 12.3 Å². The summed E-state index contributed by atoms with van der Waals surface area (Å²) in [4.78, 5) is 23.8. The quantitative estimate of drug-likeness (QED) is 0.642. The molecule has 0 saturated heterocycles. The number of hydrogen-bond donors (Lipinski definition) is 2. The Morgan fingerprint density at radius 2 is 1.76 bits per heavy atom. The van der Waals surface area contributed by atoms with E-state index in [0.29, 0.717) is 11.4 Å². The van der Waals surface area contributed by atoms with Crippen LogP contribution >= 0.6 is 0 Å². The number of anilines is 1. The fourth-order valence-corrected chi connectivity index (χ4v) is 2.93. The first-order valence-corrected chi connectivity index (χ1v) is 9.59. The Bertz CT molecular complexity index is 906. The lowest BCUT2D eigenvalue weighted by molar-refractivity contribution is -0.137. The number of carboxylic acid groups (broad SMARTS) is 1. The van der Waals surface area contributed by atoms with Crippen molar-refractivity contribution in [2.75, 3.05) is 5.32 Å². The van der Waals surface area contributed by atoms with Crippen molar-refractivity contribution in [3.8, 4) is 17.6 Å². The van der Waals surface area contributed by atoms with Gasteiger partial charge in [-0.25, -0.2) is 0 Å². The van der Waals surface area contributed by atoms with Crippen LogP contribution < -0.4 is 10.1 Å². The molecule has 5 nitrogen and oxygen atoms in total. The molecule has 152 valence electrons. The zero-order valence-corrected chi connectivity index (χ0v) is 17.2. The molecule has 29 heavy (non-hydrogen) atoms. The number of hydrogen-bond acceptors (Lipinski definition) is 3. The molecule has 0 fully saturated rings. The SMILES string of the molecule is CC#CC(CC(=O)O)c1ccc(NC(=O)C(Oc2ccccc2C)C(C)C)cc1. The molecule has 0 aliphatic rings. The zero-order valence-electron chi connectivity index (χ0n) is 17.2. The molecule has 0 aromatic heterocycles. The topological polar surface area (TPSA) is 75.6 Å². The molecule has 0 bridgehead atoms. The molecular formula is C24H27NO4. The van der Waals surface area contributed by atoms with Crippen molar-refractivity contribution in [3.05, 3.63) is 59.7 Å². The molecule has 0 aliphatic heterocycles. The van der Waals surface area contributed by atoms with Crippen LogP contribution in [0.4, 0.5) is 5.69 Å². The van der Waals surface area contributed by atoms with E-state index in [1.807, 2.05) is 45.0 Å². The monoisotopic (exact) mass is 393 g/mol. The normalized spacial score (nSPS) is 12.4. The summed E-state index contributed by atoms with van der Waals surface area (Å²) in [6.45, 7) is 7.50. The molecule has 2 aromatic carbocycles. The average Bonchev–Trinajstić information content (AvgIpc) is 2.67. The molecule has 2 aromatic rings. The number of carboxylic acids is 1. The van der Waals surface area contributed by atoms with E-state index in [-0.39, 0.29) is 24.2 Å². The van der Waals surface area contributed by atoms with Crippen molar-refractivity contribution in [1.29, 1.82) is 0 Å². The molecule has 0 aliphatic carbocycles. The van der Waals surface area contributed by atoms with Crippen molar-refractivity contribution in [3.63, 3.8) is 0 Å². The third kappa shape index (κ3) is 6.39. The van der Waals surface area contributed by atoms with Gasteiger partial charge in [-0.05, 0) is 49.1 Å². The minimum atomic E-state index is -0.900. The van der Waals surface area contributed by atoms with Crippen LogP contribution in [-0.4, -0.2) is 23.1 Å². The van der Waals surface area contributed by atoms with E-state index >= 15 is 0 Å². The highest BCUT2D eigenvalue weighted by molar-refractivity contribution is 5.94. The molecule has 2 unspecified atom stereocenters. The average molecular weight is 393 g/mol. The Morgan fingerprint density at radius 1 is 1.10 bits per heavy atom. The molecule has 0 heterocycles. The van der Waals surface area contributed by atoms with E-state index in [1.165, 1.54) is 0 Å². The van der Waals surface area contributed by atoms with Gasteiger partial charge in [0.25, 0.3) is 5.91 Å². The number of carbonyl (C=O) groups is 2. The third-order valence-electron chi connectivity index (χ3n) is 4.49. The van der Waals surface area contributed by atoms with Gasteiger partial charge in [-0.1, -0.05) is 50.1 Å². The van der Waals surface area contributed by atoms with Crippen LogP contribution in [0.15, 0.2) is 48.5 Å². The second-order valence-electron chi connectivity index (χ2n) is 7.20. The molecule has 0 saturated carbocycles. The Balaban J connectivity index is 2.12. The van der Waals surface area contributed by atoms with Crippen molar-refractivity contribution < 1.29 is 19.4 Å². The summed E-state index contributed by atoms with van der Waals surface area (Å²) in [5, 5.41) is 11.9. The van der Waals surface area contributed by atoms with Crippen LogP contribution in [0.25, 0.3) is 0 Å². The maximum atomic E-state index is 12.8. The van der Waals surface area contributed by atoms with Gasteiger partial charge < -0.3 is 15.2 Å². The standard InChI is InChI=1S/C24H27NO4/c1-5-8-19(15-22(26)27)18-11-13-20(14-12-18)25-24(28)23(16(2)3)29-21-10-7-6-9-17(21)4/h6-7,9-14,16,19,23H,15H2,1-4H3,(H,25,28)(H,26,27). The predicted molar refractivity (Wildman–Crippen MR) is 114 cm³/mol. The molecule has 1 amide bonds. The van der Waals surface area contributed by atoms with Crippen molar-refractivity contribution in [2.45, 2.75) is 46.1 Å². The number of aliphatic carboxylic acids is 1. The highest BCUT2D eigenvalue weighted by Crippen LogP contribution is 2.23. The van der Waals surface area contributed by atoms with Crippen molar-refractivity contribution in [2.24, 2.45) is 5.92 Å². The molecule has 0 radical (unpaired) electrons. The fourth-order valence-electron chi connectivity index (χ4n) is 2.93. The van der Waals surface area contributed by atoms with Gasteiger partial charge in [0.15, 0.2) is 6.10 Å². The van der Waals surface area contributed by atoms with Gasteiger partial charge >= 0.3 is 5.97 Å². The fraction of sp³-hybridized carbons (Fsp3) is 0.333. The number of nitrogens with one attached hydrogen (secondary N) is 1. The van der Waals surface area contributed by atoms with Gasteiger partial charge in [-0.3, -0.25) is 9.59 Å². The van der Waals surface area contributed by atoms with Crippen LogP contribution in [0.2, 0.25) is 0 Å². The zero-order chi connectivity index (χ0) is 21.4. The number of benzene rings is 2. The predicted octanol–water partition coefficient (Wildman–Crippen LogP) is 4.62. The first kappa shape index (κ1) is 22.0. The van der Waals surface area contributed by atoms with Gasteiger partial charge in [0, 0.05) is 5.69 Å². The molecule has 2 N–H and O–H groups in total.